The predicted molar refractivity (Wildman–Crippen MR) is 113 cm³/mol. The Kier molecular flexibility index (Phi) is 6.29. The fraction of sp³-hybridized carbons (Fsp3) is 0.375. The van der Waals surface area contributed by atoms with E-state index >= 15 is 0 Å². The fourth-order valence-electron chi connectivity index (χ4n) is 4.30. The monoisotopic (exact) mass is 538 g/mol. The van der Waals surface area contributed by atoms with Crippen LogP contribution >= 0.6 is 0 Å². The minimum atomic E-state index is -5.99. The van der Waals surface area contributed by atoms with Gasteiger partial charge >= 0.3 is 18.5 Å². The largest absolute Gasteiger partial charge is 0.439 e. The van der Waals surface area contributed by atoms with Crippen LogP contribution in [0.15, 0.2) is 46.9 Å². The minimum Gasteiger partial charge on any atom is -0.439 e. The molecule has 4 nitrogen and oxygen atoms in total. The molecule has 3 aromatic rings. The molecule has 200 valence electrons. The van der Waals surface area contributed by atoms with E-state index in [2.05, 4.69) is 4.98 Å². The quantitative estimate of drug-likeness (QED) is 0.366. The van der Waals surface area contributed by atoms with Gasteiger partial charge in [-0.05, 0) is 56.2 Å². The van der Waals surface area contributed by atoms with Crippen molar-refractivity contribution in [3.63, 3.8) is 0 Å². The van der Waals surface area contributed by atoms with Gasteiger partial charge in [0, 0.05) is 22.9 Å². The second-order valence-electron chi connectivity index (χ2n) is 8.83. The van der Waals surface area contributed by atoms with Gasteiger partial charge in [0.25, 0.3) is 5.60 Å². The molecule has 4 rings (SSSR count). The Morgan fingerprint density at radius 3 is 2.03 bits per heavy atom. The molecular formula is C24H19F9N2O2. The molecule has 0 amide bonds. The van der Waals surface area contributed by atoms with Gasteiger partial charge in [-0.25, -0.2) is 4.98 Å². The summed E-state index contributed by atoms with van der Waals surface area (Å²) >= 11 is 0. The maximum absolute atomic E-state index is 13.3. The van der Waals surface area contributed by atoms with Gasteiger partial charge in [-0.3, -0.25) is 0 Å². The smallest absolute Gasteiger partial charge is 0.430 e. The molecule has 0 radical (unpaired) electrons. The van der Waals surface area contributed by atoms with Crippen molar-refractivity contribution in [2.75, 3.05) is 4.90 Å². The summed E-state index contributed by atoms with van der Waals surface area (Å²) in [4.78, 5) is 5.94. The van der Waals surface area contributed by atoms with E-state index in [-0.39, 0.29) is 30.5 Å². The van der Waals surface area contributed by atoms with Crippen molar-refractivity contribution < 1.29 is 49.0 Å². The summed E-state index contributed by atoms with van der Waals surface area (Å²) in [6, 6.07) is 6.19. The molecule has 0 saturated carbocycles. The Balaban J connectivity index is 1.62. The van der Waals surface area contributed by atoms with E-state index in [4.69, 9.17) is 4.42 Å². The normalized spacial score (nSPS) is 16.9. The first-order valence-corrected chi connectivity index (χ1v) is 10.8. The van der Waals surface area contributed by atoms with E-state index in [1.807, 2.05) is 0 Å². The molecule has 0 fully saturated rings. The number of oxazole rings is 1. The molecule has 1 aliphatic heterocycles. The number of benzene rings is 2. The second-order valence-corrected chi connectivity index (χ2v) is 8.83. The van der Waals surface area contributed by atoms with Crippen LogP contribution in [0.1, 0.15) is 35.1 Å². The maximum atomic E-state index is 13.3. The van der Waals surface area contributed by atoms with Gasteiger partial charge in [-0.1, -0.05) is 12.1 Å². The van der Waals surface area contributed by atoms with Gasteiger partial charge in [-0.15, -0.1) is 0 Å². The number of rotatable bonds is 4. The Morgan fingerprint density at radius 2 is 1.49 bits per heavy atom. The Labute approximate surface area is 204 Å². The number of aliphatic hydroxyl groups is 1. The summed E-state index contributed by atoms with van der Waals surface area (Å²) in [5.74, 6) is 0.379. The average molecular weight is 538 g/mol. The Hall–Kier alpha value is -3.22. The summed E-state index contributed by atoms with van der Waals surface area (Å²) in [6.07, 6.45) is -16.4. The first-order chi connectivity index (χ1) is 16.9. The maximum Gasteiger partial charge on any atom is 0.430 e. The topological polar surface area (TPSA) is 49.5 Å². The summed E-state index contributed by atoms with van der Waals surface area (Å²) in [7, 11) is 0. The van der Waals surface area contributed by atoms with Gasteiger partial charge in [0.05, 0.1) is 17.8 Å². The number of aromatic nitrogens is 1. The number of alkyl halides is 9. The number of hydrogen-bond donors (Lipinski definition) is 1. The highest BCUT2D eigenvalue weighted by Gasteiger charge is 2.71. The minimum absolute atomic E-state index is 0.0514. The zero-order chi connectivity index (χ0) is 27.6. The van der Waals surface area contributed by atoms with Crippen LogP contribution in [0.4, 0.5) is 45.2 Å². The van der Waals surface area contributed by atoms with Gasteiger partial charge in [-0.2, -0.15) is 39.5 Å². The van der Waals surface area contributed by atoms with E-state index in [9.17, 15) is 44.6 Å². The highest BCUT2D eigenvalue weighted by atomic mass is 19.4. The number of anilines is 1. The molecule has 2 heterocycles. The fourth-order valence-corrected chi connectivity index (χ4v) is 4.30. The number of halogens is 9. The molecule has 0 aliphatic carbocycles. The molecule has 1 aliphatic rings. The van der Waals surface area contributed by atoms with Gasteiger partial charge in [0.2, 0.25) is 5.89 Å². The van der Waals surface area contributed by atoms with Crippen molar-refractivity contribution in [2.45, 2.75) is 57.0 Å². The van der Waals surface area contributed by atoms with Crippen LogP contribution in [-0.4, -0.2) is 28.5 Å². The Morgan fingerprint density at radius 1 is 0.919 bits per heavy atom. The number of nitrogens with zero attached hydrogens (tertiary/aromatic N) is 2. The third-order valence-electron chi connectivity index (χ3n) is 6.34. The molecule has 0 spiro atoms. The summed E-state index contributed by atoms with van der Waals surface area (Å²) in [5, 5.41) is 9.71. The van der Waals surface area contributed by atoms with Gasteiger partial charge < -0.3 is 14.4 Å². The van der Waals surface area contributed by atoms with E-state index in [0.717, 1.165) is 18.2 Å². The lowest BCUT2D eigenvalue weighted by molar-refractivity contribution is -0.376. The van der Waals surface area contributed by atoms with Crippen LogP contribution in [0.5, 0.6) is 0 Å². The molecule has 1 N–H and O–H groups in total. The summed E-state index contributed by atoms with van der Waals surface area (Å²) in [6.45, 7) is 3.36. The molecule has 1 unspecified atom stereocenters. The van der Waals surface area contributed by atoms with Crippen LogP contribution < -0.4 is 4.90 Å². The molecule has 2 aromatic carbocycles. The van der Waals surface area contributed by atoms with Crippen LogP contribution in [0.25, 0.3) is 11.5 Å². The summed E-state index contributed by atoms with van der Waals surface area (Å²) in [5.41, 5.74) is -5.96. The first-order valence-electron chi connectivity index (χ1n) is 10.8. The van der Waals surface area contributed by atoms with Crippen molar-refractivity contribution in [2.24, 2.45) is 0 Å². The summed E-state index contributed by atoms with van der Waals surface area (Å²) < 4.78 is 124. The average Bonchev–Trinajstić information content (AvgIpc) is 3.30. The zero-order valence-corrected chi connectivity index (χ0v) is 19.2. The van der Waals surface area contributed by atoms with E-state index < -0.39 is 35.3 Å². The molecule has 0 saturated heterocycles. The molecule has 13 heteroatoms. The highest BCUT2D eigenvalue weighted by Crippen LogP contribution is 2.51. The van der Waals surface area contributed by atoms with E-state index in [1.165, 1.54) is 12.1 Å². The molecule has 1 aromatic heterocycles. The lowest BCUT2D eigenvalue weighted by Crippen LogP contribution is -2.53. The molecular weight excluding hydrogens is 519 g/mol. The van der Waals surface area contributed by atoms with Crippen LogP contribution in [0, 0.1) is 6.92 Å². The number of aryl methyl sites for hydroxylation is 1. The van der Waals surface area contributed by atoms with Crippen LogP contribution in [0.2, 0.25) is 0 Å². The lowest BCUT2D eigenvalue weighted by Gasteiger charge is -2.33. The third-order valence-corrected chi connectivity index (χ3v) is 6.34. The Bertz CT molecular complexity index is 1280. The van der Waals surface area contributed by atoms with Crippen LogP contribution in [0.3, 0.4) is 0 Å². The van der Waals surface area contributed by atoms with Crippen molar-refractivity contribution in [3.05, 3.63) is 70.6 Å². The molecule has 0 bridgehead atoms. The van der Waals surface area contributed by atoms with E-state index in [1.54, 1.807) is 18.7 Å². The highest BCUT2D eigenvalue weighted by molar-refractivity contribution is 5.61. The van der Waals surface area contributed by atoms with Gasteiger partial charge in [0.1, 0.15) is 5.76 Å². The SMILES string of the molecule is Cc1nc(-c2ccc(C(F)(F)F)cc2)oc1CN1c2ccc(C(O)(C(F)(F)F)C(F)(F)F)cc2CC1C. The zero-order valence-electron chi connectivity index (χ0n) is 19.2. The second kappa shape index (κ2) is 8.67. The van der Waals surface area contributed by atoms with Crippen molar-refractivity contribution in [1.29, 1.82) is 0 Å². The van der Waals surface area contributed by atoms with Crippen LogP contribution in [-0.2, 0) is 24.7 Å². The first kappa shape index (κ1) is 26.8. The van der Waals surface area contributed by atoms with Crippen molar-refractivity contribution in [3.8, 4) is 11.5 Å². The van der Waals surface area contributed by atoms with Gasteiger partial charge in [0.15, 0.2) is 0 Å². The van der Waals surface area contributed by atoms with E-state index in [0.29, 0.717) is 34.8 Å². The number of hydrogen-bond acceptors (Lipinski definition) is 4. The predicted octanol–water partition coefficient (Wildman–Crippen LogP) is 6.93. The molecule has 37 heavy (non-hydrogen) atoms. The van der Waals surface area contributed by atoms with Crippen molar-refractivity contribution >= 4 is 5.69 Å². The van der Waals surface area contributed by atoms with Crippen molar-refractivity contribution in [1.82, 2.24) is 4.98 Å². The molecule has 1 atom stereocenters. The standard InChI is InChI=1S/C24H19F9N2O2/c1-12-9-15-10-17(21(36,23(28,29)30)24(31,32)33)7-8-18(15)35(12)11-19-13(2)34-20(37-19)14-3-5-16(6-4-14)22(25,26)27/h3-8,10,12,36H,9,11H2,1-2H3. The number of fused-ring (bicyclic) bond motifs is 1. The third kappa shape index (κ3) is 4.64. The lowest BCUT2D eigenvalue weighted by atomic mass is 9.90.